The van der Waals surface area contributed by atoms with Crippen molar-refractivity contribution in [2.75, 3.05) is 25.2 Å². The molecule has 0 radical (unpaired) electrons. The smallest absolute Gasteiger partial charge is 0.405 e. The zero-order valence-corrected chi connectivity index (χ0v) is 18.0. The third-order valence-corrected chi connectivity index (χ3v) is 6.62. The Kier molecular flexibility index (Phi) is 6.47. The van der Waals surface area contributed by atoms with Gasteiger partial charge in [0.25, 0.3) is 0 Å². The van der Waals surface area contributed by atoms with Gasteiger partial charge >= 0.3 is 6.09 Å². The van der Waals surface area contributed by atoms with Gasteiger partial charge in [-0.25, -0.2) is 23.1 Å². The summed E-state index contributed by atoms with van der Waals surface area (Å²) in [4.78, 5) is 18.1. The molecular formula is C21H29F2N5O4. The maximum atomic E-state index is 13.6. The Morgan fingerprint density at radius 1 is 1.34 bits per heavy atom. The molecule has 1 saturated carbocycles. The van der Waals surface area contributed by atoms with E-state index in [4.69, 9.17) is 4.74 Å². The number of ether oxygens (including phenoxy) is 1. The second-order valence-corrected chi connectivity index (χ2v) is 8.68. The molecule has 2 fully saturated rings. The lowest BCUT2D eigenvalue weighted by molar-refractivity contribution is -0.0495. The molecule has 1 aliphatic heterocycles. The van der Waals surface area contributed by atoms with Crippen molar-refractivity contribution in [2.45, 2.75) is 63.1 Å². The van der Waals surface area contributed by atoms with Gasteiger partial charge in [-0.05, 0) is 31.6 Å². The number of rotatable bonds is 6. The van der Waals surface area contributed by atoms with E-state index in [0.29, 0.717) is 30.2 Å². The number of anilines is 1. The number of aliphatic hydroxyl groups excluding tert-OH is 1. The van der Waals surface area contributed by atoms with Gasteiger partial charge in [0.1, 0.15) is 5.69 Å². The molecule has 0 aromatic carbocycles. The van der Waals surface area contributed by atoms with Gasteiger partial charge in [-0.3, -0.25) is 0 Å². The van der Waals surface area contributed by atoms with Crippen LogP contribution in [0.15, 0.2) is 12.3 Å². The molecular weight excluding hydrogens is 424 g/mol. The molecule has 4 rings (SSSR count). The number of aromatic nitrogens is 3. The largest absolute Gasteiger partial charge is 0.465 e. The first kappa shape index (κ1) is 22.7. The van der Waals surface area contributed by atoms with Gasteiger partial charge in [0.2, 0.25) is 5.92 Å². The highest BCUT2D eigenvalue weighted by Crippen LogP contribution is 2.41. The number of aliphatic hydroxyl groups is 1. The SMILES string of the molecule is CN(c1cc2nc([C@@H](NC(=O)O)C3CCC(F)(F)CC3)cn2nc1CO)C1CCOCC1. The third-order valence-electron chi connectivity index (χ3n) is 6.62. The minimum atomic E-state index is -2.70. The molecule has 1 saturated heterocycles. The summed E-state index contributed by atoms with van der Waals surface area (Å²) in [5.41, 5.74) is 2.17. The number of alkyl halides is 2. The van der Waals surface area contributed by atoms with Crippen LogP contribution in [0.1, 0.15) is 56.0 Å². The molecule has 1 atom stereocenters. The van der Waals surface area contributed by atoms with Crippen molar-refractivity contribution in [2.24, 2.45) is 5.92 Å². The number of halogens is 2. The molecule has 3 heterocycles. The number of hydrogen-bond donors (Lipinski definition) is 3. The lowest BCUT2D eigenvalue weighted by Crippen LogP contribution is -2.37. The van der Waals surface area contributed by atoms with Crippen LogP contribution in [0.2, 0.25) is 0 Å². The second kappa shape index (κ2) is 9.14. The van der Waals surface area contributed by atoms with E-state index in [9.17, 15) is 23.8 Å². The van der Waals surface area contributed by atoms with Crippen LogP contribution in [0.25, 0.3) is 5.65 Å². The standard InChI is InChI=1S/C21H29F2N5O4/c1-27(14-4-8-32-9-5-14)17-10-18-24-15(11-28(18)26-16(17)12-29)19(25-20(30)31)13-2-6-21(22,23)7-3-13/h10-11,13-14,19,25,29H,2-9,12H2,1H3,(H,30,31)/t19-/m0/s1. The van der Waals surface area contributed by atoms with E-state index in [-0.39, 0.29) is 44.2 Å². The zero-order valence-electron chi connectivity index (χ0n) is 18.0. The van der Waals surface area contributed by atoms with Crippen molar-refractivity contribution in [3.8, 4) is 0 Å². The fourth-order valence-electron chi connectivity index (χ4n) is 4.77. The van der Waals surface area contributed by atoms with Crippen LogP contribution < -0.4 is 10.2 Å². The first-order chi connectivity index (χ1) is 15.3. The molecule has 176 valence electrons. The van der Waals surface area contributed by atoms with Crippen LogP contribution in [0.3, 0.4) is 0 Å². The second-order valence-electron chi connectivity index (χ2n) is 8.68. The van der Waals surface area contributed by atoms with E-state index in [2.05, 4.69) is 20.3 Å². The zero-order chi connectivity index (χ0) is 22.9. The minimum absolute atomic E-state index is 0.207. The average molecular weight is 453 g/mol. The van der Waals surface area contributed by atoms with E-state index in [1.807, 2.05) is 13.1 Å². The summed E-state index contributed by atoms with van der Waals surface area (Å²) in [6.45, 7) is 1.09. The maximum Gasteiger partial charge on any atom is 0.405 e. The molecule has 1 amide bonds. The van der Waals surface area contributed by atoms with Crippen molar-refractivity contribution in [3.63, 3.8) is 0 Å². The molecule has 2 aromatic heterocycles. The Morgan fingerprint density at radius 2 is 2.03 bits per heavy atom. The fraction of sp³-hybridized carbons (Fsp3) is 0.667. The predicted octanol–water partition coefficient (Wildman–Crippen LogP) is 2.97. The van der Waals surface area contributed by atoms with Gasteiger partial charge in [0.05, 0.1) is 30.2 Å². The Morgan fingerprint density at radius 3 is 2.66 bits per heavy atom. The summed E-state index contributed by atoms with van der Waals surface area (Å²) in [7, 11) is 1.95. The van der Waals surface area contributed by atoms with Gasteiger partial charge in [-0.15, -0.1) is 0 Å². The number of nitrogens with zero attached hydrogens (tertiary/aromatic N) is 4. The van der Waals surface area contributed by atoms with Crippen molar-refractivity contribution < 1.29 is 28.5 Å². The molecule has 0 spiro atoms. The van der Waals surface area contributed by atoms with E-state index >= 15 is 0 Å². The first-order valence-corrected chi connectivity index (χ1v) is 11.0. The van der Waals surface area contributed by atoms with Crippen LogP contribution >= 0.6 is 0 Å². The quantitative estimate of drug-likeness (QED) is 0.616. The van der Waals surface area contributed by atoms with E-state index < -0.39 is 18.1 Å². The van der Waals surface area contributed by atoms with Crippen molar-refractivity contribution in [3.05, 3.63) is 23.7 Å². The van der Waals surface area contributed by atoms with Gasteiger partial charge in [-0.1, -0.05) is 0 Å². The molecule has 0 bridgehead atoms. The number of imidazole rings is 1. The molecule has 0 unspecified atom stereocenters. The van der Waals surface area contributed by atoms with Gasteiger partial charge in [0.15, 0.2) is 5.65 Å². The summed E-state index contributed by atoms with van der Waals surface area (Å²) < 4.78 is 34.2. The minimum Gasteiger partial charge on any atom is -0.465 e. The summed E-state index contributed by atoms with van der Waals surface area (Å²) in [6.07, 6.45) is 1.99. The van der Waals surface area contributed by atoms with Crippen LogP contribution in [0, 0.1) is 5.92 Å². The maximum absolute atomic E-state index is 13.6. The summed E-state index contributed by atoms with van der Waals surface area (Å²) >= 11 is 0. The van der Waals surface area contributed by atoms with Crippen molar-refractivity contribution in [1.29, 1.82) is 0 Å². The Bertz CT molecular complexity index is 953. The summed E-state index contributed by atoms with van der Waals surface area (Å²) in [6, 6.07) is 1.36. The topological polar surface area (TPSA) is 112 Å². The highest BCUT2D eigenvalue weighted by atomic mass is 19.3. The van der Waals surface area contributed by atoms with Crippen LogP contribution in [-0.4, -0.2) is 63.1 Å². The molecule has 9 nitrogen and oxygen atoms in total. The molecule has 1 aliphatic carbocycles. The lowest BCUT2D eigenvalue weighted by atomic mass is 9.81. The monoisotopic (exact) mass is 453 g/mol. The number of carboxylic acid groups (broad SMARTS) is 1. The lowest BCUT2D eigenvalue weighted by Gasteiger charge is -2.33. The van der Waals surface area contributed by atoms with Gasteiger partial charge < -0.3 is 25.2 Å². The molecule has 11 heteroatoms. The average Bonchev–Trinajstić information content (AvgIpc) is 3.19. The van der Waals surface area contributed by atoms with Crippen LogP contribution in [-0.2, 0) is 11.3 Å². The number of amides is 1. The van der Waals surface area contributed by atoms with E-state index in [0.717, 1.165) is 18.5 Å². The number of fused-ring (bicyclic) bond motifs is 1. The Hall–Kier alpha value is -2.53. The van der Waals surface area contributed by atoms with Gasteiger partial charge in [-0.2, -0.15) is 5.10 Å². The first-order valence-electron chi connectivity index (χ1n) is 11.0. The summed E-state index contributed by atoms with van der Waals surface area (Å²) in [5, 5.41) is 26.2. The summed E-state index contributed by atoms with van der Waals surface area (Å²) in [5.74, 6) is -2.98. The number of carbonyl (C=O) groups is 1. The van der Waals surface area contributed by atoms with Crippen LogP contribution in [0.4, 0.5) is 19.3 Å². The third kappa shape index (κ3) is 4.78. The highest BCUT2D eigenvalue weighted by molar-refractivity contribution is 5.65. The van der Waals surface area contributed by atoms with Crippen molar-refractivity contribution >= 4 is 17.4 Å². The molecule has 3 N–H and O–H groups in total. The highest BCUT2D eigenvalue weighted by Gasteiger charge is 2.39. The Balaban J connectivity index is 1.65. The molecule has 32 heavy (non-hydrogen) atoms. The predicted molar refractivity (Wildman–Crippen MR) is 112 cm³/mol. The van der Waals surface area contributed by atoms with Crippen LogP contribution in [0.5, 0.6) is 0 Å². The fourth-order valence-corrected chi connectivity index (χ4v) is 4.77. The molecule has 2 aromatic rings. The van der Waals surface area contributed by atoms with Gasteiger partial charge in [0, 0.05) is 45.2 Å². The number of hydrogen-bond acceptors (Lipinski definition) is 6. The van der Waals surface area contributed by atoms with Crippen molar-refractivity contribution in [1.82, 2.24) is 19.9 Å². The number of nitrogens with one attached hydrogen (secondary N) is 1. The Labute approximate surface area is 184 Å². The normalized spacial score (nSPS) is 20.9. The van der Waals surface area contributed by atoms with E-state index in [1.54, 1.807) is 6.20 Å². The molecule has 2 aliphatic rings. The van der Waals surface area contributed by atoms with E-state index in [1.165, 1.54) is 4.52 Å².